The second-order valence-electron chi connectivity index (χ2n) is 8.30. The number of rotatable bonds is 6. The van der Waals surface area contributed by atoms with E-state index in [0.29, 0.717) is 25.2 Å². The number of anilines is 1. The van der Waals surface area contributed by atoms with E-state index in [1.807, 2.05) is 11.6 Å². The van der Waals surface area contributed by atoms with Crippen molar-refractivity contribution in [1.29, 1.82) is 0 Å². The average molecular weight is 492 g/mol. The number of hydrogen-bond acceptors (Lipinski definition) is 8. The minimum absolute atomic E-state index is 0.0422. The fraction of sp³-hybridized carbons (Fsp3) is 0.500. The van der Waals surface area contributed by atoms with E-state index >= 15 is 0 Å². The fourth-order valence-corrected chi connectivity index (χ4v) is 6.29. The van der Waals surface area contributed by atoms with Gasteiger partial charge in [-0.05, 0) is 25.5 Å². The summed E-state index contributed by atoms with van der Waals surface area (Å²) in [5, 5.41) is 3.00. The highest BCUT2D eigenvalue weighted by Gasteiger charge is 2.31. The number of carbonyl (C=O) groups is 2. The van der Waals surface area contributed by atoms with Gasteiger partial charge in [-0.25, -0.2) is 13.4 Å². The lowest BCUT2D eigenvalue weighted by molar-refractivity contribution is -0.133. The number of nitrogens with zero attached hydrogens (tertiary/aromatic N) is 5. The molecule has 0 aliphatic carbocycles. The van der Waals surface area contributed by atoms with Crippen molar-refractivity contribution >= 4 is 38.2 Å². The first kappa shape index (κ1) is 23.8. The van der Waals surface area contributed by atoms with Gasteiger partial charge in [0.05, 0.1) is 11.4 Å². The van der Waals surface area contributed by atoms with Gasteiger partial charge in [-0.1, -0.05) is 12.1 Å². The van der Waals surface area contributed by atoms with Crippen molar-refractivity contribution in [2.75, 3.05) is 63.8 Å². The zero-order chi connectivity index (χ0) is 23.4. The largest absolute Gasteiger partial charge is 0.347 e. The molecule has 0 radical (unpaired) electrons. The molecule has 0 N–H and O–H groups in total. The summed E-state index contributed by atoms with van der Waals surface area (Å²) >= 11 is 1.63. The van der Waals surface area contributed by atoms with Crippen LogP contribution in [-0.2, 0) is 14.8 Å². The predicted octanol–water partition coefficient (Wildman–Crippen LogP) is 1.39. The van der Waals surface area contributed by atoms with Gasteiger partial charge in [0.1, 0.15) is 0 Å². The molecule has 2 aromatic rings. The minimum atomic E-state index is -3.65. The van der Waals surface area contributed by atoms with Gasteiger partial charge < -0.3 is 9.80 Å². The van der Waals surface area contributed by atoms with Crippen LogP contribution in [0, 0.1) is 0 Å². The Labute approximate surface area is 198 Å². The molecule has 0 saturated carbocycles. The van der Waals surface area contributed by atoms with Crippen molar-refractivity contribution in [2.24, 2.45) is 0 Å². The lowest BCUT2D eigenvalue weighted by atomic mass is 10.2. The first-order valence-corrected chi connectivity index (χ1v) is 13.4. The normalized spacial score (nSPS) is 18.8. The summed E-state index contributed by atoms with van der Waals surface area (Å²) in [7, 11) is -3.65. The first-order chi connectivity index (χ1) is 15.8. The molecule has 4 rings (SSSR count). The molecule has 3 heterocycles. The zero-order valence-electron chi connectivity index (χ0n) is 18.7. The van der Waals surface area contributed by atoms with Crippen molar-refractivity contribution in [3.8, 4) is 0 Å². The number of ketones is 1. The molecule has 2 aliphatic heterocycles. The zero-order valence-corrected chi connectivity index (χ0v) is 20.4. The molecule has 2 aliphatic rings. The highest BCUT2D eigenvalue weighted by molar-refractivity contribution is 7.89. The van der Waals surface area contributed by atoms with Crippen LogP contribution in [0.4, 0.5) is 5.13 Å². The molecule has 1 aromatic carbocycles. The van der Waals surface area contributed by atoms with E-state index in [-0.39, 0.29) is 29.7 Å². The number of sulfonamides is 1. The Hall–Kier alpha value is -2.34. The summed E-state index contributed by atoms with van der Waals surface area (Å²) in [5.74, 6) is -0.0630. The van der Waals surface area contributed by atoms with E-state index in [4.69, 9.17) is 0 Å². The third kappa shape index (κ3) is 5.60. The summed E-state index contributed by atoms with van der Waals surface area (Å²) in [4.78, 5) is 35.1. The van der Waals surface area contributed by atoms with Crippen LogP contribution in [0.25, 0.3) is 0 Å². The summed E-state index contributed by atoms with van der Waals surface area (Å²) in [5.41, 5.74) is 0.479. The van der Waals surface area contributed by atoms with E-state index in [0.717, 1.165) is 37.7 Å². The first-order valence-electron chi connectivity index (χ1n) is 11.1. The third-order valence-corrected chi connectivity index (χ3v) is 8.87. The van der Waals surface area contributed by atoms with Crippen LogP contribution in [0.3, 0.4) is 0 Å². The molecule has 2 saturated heterocycles. The maximum Gasteiger partial charge on any atom is 0.243 e. The van der Waals surface area contributed by atoms with Gasteiger partial charge in [-0.2, -0.15) is 4.31 Å². The molecular formula is C22H29N5O4S2. The summed E-state index contributed by atoms with van der Waals surface area (Å²) < 4.78 is 27.3. The molecule has 0 bridgehead atoms. The van der Waals surface area contributed by atoms with Crippen LogP contribution < -0.4 is 4.90 Å². The Bertz CT molecular complexity index is 1060. The Balaban J connectivity index is 1.28. The van der Waals surface area contributed by atoms with E-state index in [2.05, 4.69) is 14.8 Å². The quantitative estimate of drug-likeness (QED) is 0.564. The Morgan fingerprint density at radius 2 is 1.70 bits per heavy atom. The maximum atomic E-state index is 12.9. The molecule has 11 heteroatoms. The molecular weight excluding hydrogens is 462 g/mol. The number of carbonyl (C=O) groups excluding carboxylic acids is 2. The number of hydrogen-bond donors (Lipinski definition) is 0. The summed E-state index contributed by atoms with van der Waals surface area (Å²) in [6, 6.07) is 6.01. The second-order valence-corrected chi connectivity index (χ2v) is 11.1. The molecule has 0 unspecified atom stereocenters. The number of aromatic nitrogens is 1. The van der Waals surface area contributed by atoms with E-state index in [9.17, 15) is 18.0 Å². The number of Topliss-reactive ketones (excluding diaryl/α,β-unsaturated/α-hetero) is 1. The number of benzene rings is 1. The molecule has 33 heavy (non-hydrogen) atoms. The lowest BCUT2D eigenvalue weighted by Crippen LogP contribution is -2.52. The van der Waals surface area contributed by atoms with E-state index < -0.39 is 10.0 Å². The van der Waals surface area contributed by atoms with Crippen molar-refractivity contribution in [2.45, 2.75) is 18.2 Å². The van der Waals surface area contributed by atoms with Crippen LogP contribution >= 0.6 is 11.3 Å². The smallest absolute Gasteiger partial charge is 0.243 e. The van der Waals surface area contributed by atoms with E-state index in [1.54, 1.807) is 16.2 Å². The van der Waals surface area contributed by atoms with Gasteiger partial charge >= 0.3 is 0 Å². The van der Waals surface area contributed by atoms with Crippen LogP contribution in [0.1, 0.15) is 23.7 Å². The molecule has 0 spiro atoms. The van der Waals surface area contributed by atoms with Gasteiger partial charge in [0.25, 0.3) is 0 Å². The molecule has 9 nitrogen and oxygen atoms in total. The van der Waals surface area contributed by atoms with Crippen molar-refractivity contribution < 1.29 is 18.0 Å². The van der Waals surface area contributed by atoms with Gasteiger partial charge in [-0.3, -0.25) is 14.5 Å². The number of piperazine rings is 1. The van der Waals surface area contributed by atoms with Gasteiger partial charge in [0, 0.05) is 69.5 Å². The Morgan fingerprint density at radius 1 is 0.970 bits per heavy atom. The standard InChI is InChI=1S/C22H29N5O4S2/c1-18(28)19-3-5-20(6-4-19)33(30,31)27-14-12-25(13-15-27)21(29)17-24-8-2-9-26(11-10-24)22-23-7-16-32-22/h3-7,16H,2,8-15,17H2,1H3. The van der Waals surface area contributed by atoms with Gasteiger partial charge in [-0.15, -0.1) is 11.3 Å². The fourth-order valence-electron chi connectivity index (χ4n) is 4.17. The predicted molar refractivity (Wildman–Crippen MR) is 127 cm³/mol. The Kier molecular flexibility index (Phi) is 7.42. The monoisotopic (exact) mass is 491 g/mol. The summed E-state index contributed by atoms with van der Waals surface area (Å²) in [6.45, 7) is 6.52. The van der Waals surface area contributed by atoms with Crippen LogP contribution in [-0.4, -0.2) is 98.1 Å². The SMILES string of the molecule is CC(=O)c1ccc(S(=O)(=O)N2CCN(C(=O)CN3CCCN(c4nccs4)CC3)CC2)cc1. The van der Waals surface area contributed by atoms with Crippen LogP contribution in [0.2, 0.25) is 0 Å². The van der Waals surface area contributed by atoms with Gasteiger partial charge in [0.2, 0.25) is 15.9 Å². The van der Waals surface area contributed by atoms with Crippen molar-refractivity contribution in [3.05, 3.63) is 41.4 Å². The lowest BCUT2D eigenvalue weighted by Gasteiger charge is -2.35. The average Bonchev–Trinajstić information content (AvgIpc) is 3.26. The topological polar surface area (TPSA) is 94.1 Å². The number of thiazole rings is 1. The molecule has 2 fully saturated rings. The molecule has 1 aromatic heterocycles. The Morgan fingerprint density at radius 3 is 2.33 bits per heavy atom. The van der Waals surface area contributed by atoms with Crippen LogP contribution in [0.5, 0.6) is 0 Å². The number of amides is 1. The van der Waals surface area contributed by atoms with E-state index in [1.165, 1.54) is 35.5 Å². The third-order valence-electron chi connectivity index (χ3n) is 6.13. The van der Waals surface area contributed by atoms with Crippen molar-refractivity contribution in [3.63, 3.8) is 0 Å². The summed E-state index contributed by atoms with van der Waals surface area (Å²) in [6.07, 6.45) is 2.79. The van der Waals surface area contributed by atoms with Gasteiger partial charge in [0.15, 0.2) is 10.9 Å². The molecule has 1 amide bonds. The van der Waals surface area contributed by atoms with Crippen molar-refractivity contribution in [1.82, 2.24) is 19.1 Å². The molecule has 0 atom stereocenters. The minimum Gasteiger partial charge on any atom is -0.347 e. The maximum absolute atomic E-state index is 12.9. The highest BCUT2D eigenvalue weighted by atomic mass is 32.2. The second kappa shape index (κ2) is 10.3. The molecule has 178 valence electrons. The van der Waals surface area contributed by atoms with Crippen LogP contribution in [0.15, 0.2) is 40.7 Å². The highest BCUT2D eigenvalue weighted by Crippen LogP contribution is 2.20.